The second-order valence-electron chi connectivity index (χ2n) is 4.32. The van der Waals surface area contributed by atoms with Crippen molar-refractivity contribution in [2.24, 2.45) is 0 Å². The predicted molar refractivity (Wildman–Crippen MR) is 62.0 cm³/mol. The van der Waals surface area contributed by atoms with Gasteiger partial charge in [0.15, 0.2) is 0 Å². The molecule has 2 amide bonds. The van der Waals surface area contributed by atoms with E-state index in [1.165, 1.54) is 6.92 Å². The fourth-order valence-corrected chi connectivity index (χ4v) is 1.92. The monoisotopic (exact) mass is 298 g/mol. The van der Waals surface area contributed by atoms with E-state index in [0.717, 1.165) is 12.1 Å². The van der Waals surface area contributed by atoms with Gasteiger partial charge in [-0.25, -0.2) is 4.90 Å². The Hall–Kier alpha value is -2.64. The summed E-state index contributed by atoms with van der Waals surface area (Å²) in [6.07, 6.45) is -3.97. The molecule has 2 rings (SSSR count). The third-order valence-electron chi connectivity index (χ3n) is 2.89. The van der Waals surface area contributed by atoms with Crippen LogP contribution >= 0.6 is 0 Å². The van der Waals surface area contributed by atoms with Crippen molar-refractivity contribution in [3.63, 3.8) is 0 Å². The van der Waals surface area contributed by atoms with Gasteiger partial charge in [-0.1, -0.05) is 6.07 Å². The molecule has 0 atom stereocenters. The Labute approximate surface area is 116 Å². The second-order valence-corrected chi connectivity index (χ2v) is 4.32. The minimum atomic E-state index is -4.96. The number of carbonyl (C=O) groups excluding carboxylic acids is 3. The number of rotatable bonds is 2. The standard InChI is InChI=1S/C13H8F3NO4/c1-6-4-10(18)17(11(6)19)7-2-3-8(12(20)21)9(5-7)13(14,15)16/h2-5H,1H3,(H,20,21)/p-1. The van der Waals surface area contributed by atoms with E-state index in [1.807, 2.05) is 0 Å². The zero-order valence-electron chi connectivity index (χ0n) is 10.5. The molecule has 0 unspecified atom stereocenters. The number of anilines is 1. The molecule has 5 nitrogen and oxygen atoms in total. The highest BCUT2D eigenvalue weighted by Crippen LogP contribution is 2.35. The Morgan fingerprint density at radius 2 is 1.86 bits per heavy atom. The average molecular weight is 298 g/mol. The van der Waals surface area contributed by atoms with Crippen LogP contribution in [0.25, 0.3) is 0 Å². The fraction of sp³-hybridized carbons (Fsp3) is 0.154. The lowest BCUT2D eigenvalue weighted by Crippen LogP contribution is -2.31. The molecular formula is C13H7F3NO4-. The number of hydrogen-bond acceptors (Lipinski definition) is 4. The minimum absolute atomic E-state index is 0.0811. The largest absolute Gasteiger partial charge is 0.545 e. The maximum Gasteiger partial charge on any atom is 0.417 e. The number of alkyl halides is 3. The number of nitrogens with zero attached hydrogens (tertiary/aromatic N) is 1. The Morgan fingerprint density at radius 1 is 1.24 bits per heavy atom. The summed E-state index contributed by atoms with van der Waals surface area (Å²) in [5.74, 6) is -3.54. The van der Waals surface area contributed by atoms with E-state index in [4.69, 9.17) is 0 Å². The van der Waals surface area contributed by atoms with Crippen molar-refractivity contribution in [1.82, 2.24) is 0 Å². The van der Waals surface area contributed by atoms with Crippen molar-refractivity contribution in [2.75, 3.05) is 4.90 Å². The molecular weight excluding hydrogens is 291 g/mol. The molecule has 0 spiro atoms. The lowest BCUT2D eigenvalue weighted by Gasteiger charge is -2.19. The van der Waals surface area contributed by atoms with Crippen LogP contribution in [0.1, 0.15) is 22.8 Å². The average Bonchev–Trinajstić information content (AvgIpc) is 2.61. The fourth-order valence-electron chi connectivity index (χ4n) is 1.92. The summed E-state index contributed by atoms with van der Waals surface area (Å²) in [7, 11) is 0. The van der Waals surface area contributed by atoms with E-state index in [9.17, 15) is 32.7 Å². The van der Waals surface area contributed by atoms with Gasteiger partial charge in [0.1, 0.15) is 0 Å². The summed E-state index contributed by atoms with van der Waals surface area (Å²) in [4.78, 5) is 34.6. The molecule has 1 aliphatic heterocycles. The molecule has 0 aliphatic carbocycles. The summed E-state index contributed by atoms with van der Waals surface area (Å²) in [5.41, 5.74) is -2.81. The topological polar surface area (TPSA) is 77.5 Å². The molecule has 0 radical (unpaired) electrons. The number of benzene rings is 1. The van der Waals surface area contributed by atoms with Gasteiger partial charge in [0.25, 0.3) is 11.8 Å². The zero-order chi connectivity index (χ0) is 15.9. The molecule has 1 aromatic carbocycles. The lowest BCUT2D eigenvalue weighted by atomic mass is 10.1. The molecule has 21 heavy (non-hydrogen) atoms. The molecule has 0 fully saturated rings. The van der Waals surface area contributed by atoms with Crippen molar-refractivity contribution in [3.05, 3.63) is 41.0 Å². The molecule has 0 bridgehead atoms. The van der Waals surface area contributed by atoms with E-state index >= 15 is 0 Å². The lowest BCUT2D eigenvalue weighted by molar-refractivity contribution is -0.255. The SMILES string of the molecule is CC1=CC(=O)N(c2ccc(C(=O)[O-])c(C(F)(F)F)c2)C1=O. The highest BCUT2D eigenvalue weighted by Gasteiger charge is 2.36. The first kappa shape index (κ1) is 14.8. The molecule has 1 aliphatic rings. The van der Waals surface area contributed by atoms with E-state index in [2.05, 4.69) is 0 Å². The van der Waals surface area contributed by atoms with Gasteiger partial charge in [0.2, 0.25) is 0 Å². The summed E-state index contributed by atoms with van der Waals surface area (Å²) in [5, 5.41) is 10.7. The minimum Gasteiger partial charge on any atom is -0.545 e. The number of carboxylic acids is 1. The number of hydrogen-bond donors (Lipinski definition) is 0. The number of carbonyl (C=O) groups is 3. The molecule has 110 valence electrons. The van der Waals surface area contributed by atoms with Gasteiger partial charge in [0, 0.05) is 17.2 Å². The molecule has 1 aromatic rings. The van der Waals surface area contributed by atoms with E-state index in [-0.39, 0.29) is 11.3 Å². The summed E-state index contributed by atoms with van der Waals surface area (Å²) < 4.78 is 38.6. The first-order valence-corrected chi connectivity index (χ1v) is 5.62. The molecule has 0 N–H and O–H groups in total. The first-order chi connectivity index (χ1) is 9.62. The molecule has 0 aromatic heterocycles. The normalized spacial score (nSPS) is 15.4. The van der Waals surface area contributed by atoms with Crippen LogP contribution in [0.3, 0.4) is 0 Å². The Balaban J connectivity index is 2.56. The van der Waals surface area contributed by atoms with Gasteiger partial charge < -0.3 is 9.90 Å². The number of carboxylic acid groups (broad SMARTS) is 1. The molecule has 8 heteroatoms. The van der Waals surface area contributed by atoms with Crippen LogP contribution < -0.4 is 10.0 Å². The third kappa shape index (κ3) is 2.51. The van der Waals surface area contributed by atoms with E-state index in [0.29, 0.717) is 17.0 Å². The van der Waals surface area contributed by atoms with E-state index in [1.54, 1.807) is 0 Å². The van der Waals surface area contributed by atoms with Gasteiger partial charge in [-0.2, -0.15) is 13.2 Å². The quantitative estimate of drug-likeness (QED) is 0.760. The Bertz CT molecular complexity index is 691. The van der Waals surface area contributed by atoms with E-state index < -0.39 is 35.1 Å². The van der Waals surface area contributed by atoms with Gasteiger partial charge >= 0.3 is 6.18 Å². The van der Waals surface area contributed by atoms with Crippen LogP contribution in [0, 0.1) is 0 Å². The van der Waals surface area contributed by atoms with Gasteiger partial charge in [-0.05, 0) is 19.1 Å². The smallest absolute Gasteiger partial charge is 0.417 e. The number of halogens is 3. The van der Waals surface area contributed by atoms with Gasteiger partial charge in [-0.15, -0.1) is 0 Å². The Kier molecular flexibility index (Phi) is 3.32. The van der Waals surface area contributed by atoms with Crippen LogP contribution in [-0.4, -0.2) is 17.8 Å². The molecule has 1 heterocycles. The van der Waals surface area contributed by atoms with Crippen molar-refractivity contribution in [3.8, 4) is 0 Å². The summed E-state index contributed by atoms with van der Waals surface area (Å²) in [6.45, 7) is 1.35. The van der Waals surface area contributed by atoms with Crippen molar-refractivity contribution in [2.45, 2.75) is 13.1 Å². The van der Waals surface area contributed by atoms with Gasteiger partial charge in [0.05, 0.1) is 17.2 Å². The predicted octanol–water partition coefficient (Wildman–Crippen LogP) is 0.888. The number of imide groups is 1. The maximum atomic E-state index is 12.9. The van der Waals surface area contributed by atoms with Crippen molar-refractivity contribution < 1.29 is 32.7 Å². The van der Waals surface area contributed by atoms with Crippen LogP contribution in [-0.2, 0) is 15.8 Å². The second kappa shape index (κ2) is 4.72. The van der Waals surface area contributed by atoms with Crippen LogP contribution in [0.4, 0.5) is 18.9 Å². The molecule has 0 saturated heterocycles. The third-order valence-corrected chi connectivity index (χ3v) is 2.89. The number of amides is 2. The number of aromatic carboxylic acids is 1. The van der Waals surface area contributed by atoms with Crippen LogP contribution in [0.2, 0.25) is 0 Å². The molecule has 0 saturated carbocycles. The first-order valence-electron chi connectivity index (χ1n) is 5.62. The Morgan fingerprint density at radius 3 is 2.29 bits per heavy atom. The van der Waals surface area contributed by atoms with Crippen LogP contribution in [0.15, 0.2) is 29.8 Å². The van der Waals surface area contributed by atoms with Crippen LogP contribution in [0.5, 0.6) is 0 Å². The summed E-state index contributed by atoms with van der Waals surface area (Å²) in [6, 6.07) is 2.04. The van der Waals surface area contributed by atoms with Crippen molar-refractivity contribution in [1.29, 1.82) is 0 Å². The highest BCUT2D eigenvalue weighted by atomic mass is 19.4. The summed E-state index contributed by atoms with van der Waals surface area (Å²) >= 11 is 0. The highest BCUT2D eigenvalue weighted by molar-refractivity contribution is 6.30. The zero-order valence-corrected chi connectivity index (χ0v) is 10.5. The maximum absolute atomic E-state index is 12.9. The van der Waals surface area contributed by atoms with Crippen molar-refractivity contribution >= 4 is 23.5 Å². The van der Waals surface area contributed by atoms with Gasteiger partial charge in [-0.3, -0.25) is 9.59 Å².